The minimum Gasteiger partial charge on any atom is -0.456 e. The molecule has 0 radical (unpaired) electrons. The minimum atomic E-state index is 0.567. The summed E-state index contributed by atoms with van der Waals surface area (Å²) in [5.41, 5.74) is 10.9. The largest absolute Gasteiger partial charge is 0.456 e. The van der Waals surface area contributed by atoms with Gasteiger partial charge in [0.05, 0.1) is 0 Å². The quantitative estimate of drug-likeness (QED) is 0.170. The van der Waals surface area contributed by atoms with Crippen molar-refractivity contribution in [3.63, 3.8) is 0 Å². The fraction of sp³-hybridized carbons (Fsp3) is 0. The van der Waals surface area contributed by atoms with Gasteiger partial charge in [0.1, 0.15) is 16.7 Å². The van der Waals surface area contributed by atoms with Crippen LogP contribution in [0, 0.1) is 0 Å². The molecule has 0 aliphatic carbocycles. The van der Waals surface area contributed by atoms with Crippen molar-refractivity contribution in [2.75, 3.05) is 0 Å². The van der Waals surface area contributed by atoms with Crippen molar-refractivity contribution in [3.8, 4) is 67.9 Å². The molecule has 0 N–H and O–H groups in total. The number of rotatable bonds is 6. The Bertz CT molecular complexity index is 3260. The number of oxazole rings is 1. The second-order valence-electron chi connectivity index (χ2n) is 13.8. The molecule has 3 heterocycles. The van der Waals surface area contributed by atoms with E-state index in [1.165, 1.54) is 0 Å². The summed E-state index contributed by atoms with van der Waals surface area (Å²) in [4.78, 5) is 20.6. The van der Waals surface area contributed by atoms with Crippen LogP contribution in [-0.2, 0) is 0 Å². The molecule has 0 aliphatic heterocycles. The zero-order chi connectivity index (χ0) is 37.0. The van der Waals surface area contributed by atoms with Gasteiger partial charge < -0.3 is 8.83 Å². The summed E-state index contributed by atoms with van der Waals surface area (Å²) >= 11 is 0. The third-order valence-electron chi connectivity index (χ3n) is 10.4. The summed E-state index contributed by atoms with van der Waals surface area (Å²) in [5.74, 6) is 2.32. The monoisotopic (exact) mass is 718 g/mol. The highest BCUT2D eigenvalue weighted by atomic mass is 16.3. The molecule has 11 rings (SSSR count). The molecule has 0 bridgehead atoms. The van der Waals surface area contributed by atoms with E-state index in [1.54, 1.807) is 0 Å². The number of furan rings is 1. The Balaban J connectivity index is 1.12. The van der Waals surface area contributed by atoms with E-state index in [9.17, 15) is 0 Å². The van der Waals surface area contributed by atoms with Gasteiger partial charge in [0, 0.05) is 38.4 Å². The maximum atomic E-state index is 6.41. The van der Waals surface area contributed by atoms with Gasteiger partial charge in [-0.25, -0.2) is 19.9 Å². The molecule has 3 aromatic heterocycles. The van der Waals surface area contributed by atoms with Crippen molar-refractivity contribution < 1.29 is 8.83 Å². The molecule has 0 amide bonds. The van der Waals surface area contributed by atoms with Crippen LogP contribution in [0.5, 0.6) is 0 Å². The van der Waals surface area contributed by atoms with Gasteiger partial charge in [0.2, 0.25) is 5.89 Å². The molecule has 0 aliphatic rings. The fourth-order valence-electron chi connectivity index (χ4n) is 7.78. The molecule has 0 fully saturated rings. The first kappa shape index (κ1) is 31.8. The van der Waals surface area contributed by atoms with E-state index < -0.39 is 0 Å². The lowest BCUT2D eigenvalue weighted by molar-refractivity contribution is 0.623. The standard InChI is InChI=1S/C50H30N4O2/c1-3-15-31(16-4-1)35-21-7-10-24-38(35)48-52-47(53-49(54-48)40-26-14-28-44-45(40)39-25-11-12-27-43(39)55-44)34-20-13-19-33(29-34)41-30-42-46(37-23-9-8-22-36(37)41)56-50(51-42)32-17-5-2-6-18-32/h1-30H. The van der Waals surface area contributed by atoms with E-state index in [0.717, 1.165) is 88.3 Å². The minimum absolute atomic E-state index is 0.567. The van der Waals surface area contributed by atoms with Crippen LogP contribution < -0.4 is 0 Å². The molecular formula is C50H30N4O2. The predicted molar refractivity (Wildman–Crippen MR) is 225 cm³/mol. The lowest BCUT2D eigenvalue weighted by atomic mass is 9.96. The number of aromatic nitrogens is 4. The molecule has 6 heteroatoms. The van der Waals surface area contributed by atoms with Crippen LogP contribution in [0.1, 0.15) is 0 Å². The van der Waals surface area contributed by atoms with Crippen molar-refractivity contribution in [1.29, 1.82) is 0 Å². The Morgan fingerprint density at radius 3 is 1.71 bits per heavy atom. The van der Waals surface area contributed by atoms with Crippen LogP contribution in [0.4, 0.5) is 0 Å². The molecular weight excluding hydrogens is 689 g/mol. The second-order valence-corrected chi connectivity index (χ2v) is 13.8. The van der Waals surface area contributed by atoms with Gasteiger partial charge in [-0.2, -0.15) is 0 Å². The van der Waals surface area contributed by atoms with Gasteiger partial charge in [-0.15, -0.1) is 0 Å². The average Bonchev–Trinajstić information content (AvgIpc) is 3.89. The van der Waals surface area contributed by atoms with Crippen LogP contribution in [-0.4, -0.2) is 19.9 Å². The molecule has 8 aromatic carbocycles. The highest BCUT2D eigenvalue weighted by Gasteiger charge is 2.20. The molecule has 0 saturated heterocycles. The van der Waals surface area contributed by atoms with E-state index in [0.29, 0.717) is 23.4 Å². The van der Waals surface area contributed by atoms with Crippen LogP contribution >= 0.6 is 0 Å². The van der Waals surface area contributed by atoms with Crippen molar-refractivity contribution in [2.45, 2.75) is 0 Å². The smallest absolute Gasteiger partial charge is 0.227 e. The summed E-state index contributed by atoms with van der Waals surface area (Å²) in [6, 6.07) is 61.7. The van der Waals surface area contributed by atoms with Crippen molar-refractivity contribution in [3.05, 3.63) is 182 Å². The lowest BCUT2D eigenvalue weighted by Gasteiger charge is -2.13. The van der Waals surface area contributed by atoms with Gasteiger partial charge in [0.25, 0.3) is 0 Å². The van der Waals surface area contributed by atoms with Gasteiger partial charge in [0.15, 0.2) is 23.1 Å². The van der Waals surface area contributed by atoms with Crippen LogP contribution in [0.3, 0.4) is 0 Å². The van der Waals surface area contributed by atoms with E-state index in [4.69, 9.17) is 28.8 Å². The summed E-state index contributed by atoms with van der Waals surface area (Å²) in [6.07, 6.45) is 0. The zero-order valence-electron chi connectivity index (χ0n) is 29.9. The van der Waals surface area contributed by atoms with E-state index in [2.05, 4.69) is 103 Å². The first-order chi connectivity index (χ1) is 27.7. The third-order valence-corrected chi connectivity index (χ3v) is 10.4. The predicted octanol–water partition coefficient (Wildman–Crippen LogP) is 13.1. The Kier molecular flexibility index (Phi) is 7.38. The molecule has 0 spiro atoms. The molecule has 262 valence electrons. The molecule has 6 nitrogen and oxygen atoms in total. The molecule has 56 heavy (non-hydrogen) atoms. The van der Waals surface area contributed by atoms with Crippen LogP contribution in [0.15, 0.2) is 191 Å². The maximum Gasteiger partial charge on any atom is 0.227 e. The fourth-order valence-corrected chi connectivity index (χ4v) is 7.78. The Morgan fingerprint density at radius 1 is 0.321 bits per heavy atom. The Hall–Kier alpha value is -7.70. The van der Waals surface area contributed by atoms with Crippen molar-refractivity contribution >= 4 is 43.8 Å². The van der Waals surface area contributed by atoms with Gasteiger partial charge >= 0.3 is 0 Å². The summed E-state index contributed by atoms with van der Waals surface area (Å²) in [5, 5.41) is 4.06. The van der Waals surface area contributed by atoms with Crippen LogP contribution in [0.25, 0.3) is 112 Å². The lowest BCUT2D eigenvalue weighted by Crippen LogP contribution is -2.01. The number of hydrogen-bond donors (Lipinski definition) is 0. The Labute approximate surface area is 321 Å². The van der Waals surface area contributed by atoms with E-state index >= 15 is 0 Å². The molecule has 11 aromatic rings. The number of para-hydroxylation sites is 1. The SMILES string of the molecule is c1ccc(-c2nc3cc(-c4cccc(-c5nc(-c6ccccc6-c6ccccc6)nc(-c6cccc7oc8ccccc8c67)n5)c4)c4ccccc4c3o2)cc1. The summed E-state index contributed by atoms with van der Waals surface area (Å²) < 4.78 is 12.7. The maximum absolute atomic E-state index is 6.41. The van der Waals surface area contributed by atoms with Crippen molar-refractivity contribution in [1.82, 2.24) is 19.9 Å². The average molecular weight is 719 g/mol. The van der Waals surface area contributed by atoms with Gasteiger partial charge in [-0.05, 0) is 64.0 Å². The zero-order valence-corrected chi connectivity index (χ0v) is 29.9. The van der Waals surface area contributed by atoms with Gasteiger partial charge in [-0.1, -0.05) is 146 Å². The van der Waals surface area contributed by atoms with E-state index in [1.807, 2.05) is 78.9 Å². The highest BCUT2D eigenvalue weighted by molar-refractivity contribution is 6.12. The van der Waals surface area contributed by atoms with Crippen molar-refractivity contribution in [2.24, 2.45) is 0 Å². The van der Waals surface area contributed by atoms with Crippen LogP contribution in [0.2, 0.25) is 0 Å². The topological polar surface area (TPSA) is 77.8 Å². The highest BCUT2D eigenvalue weighted by Crippen LogP contribution is 2.40. The van der Waals surface area contributed by atoms with Gasteiger partial charge in [-0.3, -0.25) is 0 Å². The number of fused-ring (bicyclic) bond motifs is 6. The number of nitrogens with zero attached hydrogens (tertiary/aromatic N) is 4. The molecule has 0 unspecified atom stereocenters. The summed E-state index contributed by atoms with van der Waals surface area (Å²) in [6.45, 7) is 0. The number of benzene rings is 8. The first-order valence-electron chi connectivity index (χ1n) is 18.6. The Morgan fingerprint density at radius 2 is 0.893 bits per heavy atom. The van der Waals surface area contributed by atoms with E-state index in [-0.39, 0.29) is 0 Å². The number of hydrogen-bond acceptors (Lipinski definition) is 6. The third kappa shape index (κ3) is 5.35. The first-order valence-corrected chi connectivity index (χ1v) is 18.6. The molecule has 0 atom stereocenters. The summed E-state index contributed by atoms with van der Waals surface area (Å²) in [7, 11) is 0. The molecule has 0 saturated carbocycles. The second kappa shape index (κ2) is 13.0. The normalized spacial score (nSPS) is 11.6.